The molecule has 0 aromatic heterocycles. The molecule has 0 saturated heterocycles. The van der Waals surface area contributed by atoms with Crippen molar-refractivity contribution in [1.29, 1.82) is 0 Å². The maximum absolute atomic E-state index is 10.7. The molecular formula is C13H10O4. The number of phenolic OH excluding ortho intramolecular Hbond substituents is 3. The largest absolute Gasteiger partial charge is 0.507 e. The maximum atomic E-state index is 10.7. The molecule has 0 aliphatic carbocycles. The number of phenols is 3. The van der Waals surface area contributed by atoms with Crippen molar-refractivity contribution in [1.82, 2.24) is 0 Å². The molecule has 0 aliphatic rings. The van der Waals surface area contributed by atoms with Crippen molar-refractivity contribution in [3.63, 3.8) is 0 Å². The van der Waals surface area contributed by atoms with E-state index in [1.807, 2.05) is 0 Å². The molecule has 0 bridgehead atoms. The molecular weight excluding hydrogens is 220 g/mol. The van der Waals surface area contributed by atoms with Gasteiger partial charge in [-0.15, -0.1) is 0 Å². The predicted molar refractivity (Wildman–Crippen MR) is 62.3 cm³/mol. The monoisotopic (exact) mass is 230 g/mol. The summed E-state index contributed by atoms with van der Waals surface area (Å²) in [5, 5.41) is 27.9. The van der Waals surface area contributed by atoms with E-state index in [9.17, 15) is 20.1 Å². The summed E-state index contributed by atoms with van der Waals surface area (Å²) >= 11 is 0. The smallest absolute Gasteiger partial charge is 0.158 e. The standard InChI is InChI=1S/C13H10O4/c14-7-10-5-8(1-3-11(10)15)9-2-4-12(16)13(17)6-9/h1-7,15-17H. The van der Waals surface area contributed by atoms with Gasteiger partial charge in [0.15, 0.2) is 17.8 Å². The summed E-state index contributed by atoms with van der Waals surface area (Å²) in [4.78, 5) is 10.7. The fourth-order valence-corrected chi connectivity index (χ4v) is 1.53. The van der Waals surface area contributed by atoms with E-state index in [0.29, 0.717) is 17.4 Å². The summed E-state index contributed by atoms with van der Waals surface area (Å²) in [7, 11) is 0. The highest BCUT2D eigenvalue weighted by molar-refractivity contribution is 5.83. The summed E-state index contributed by atoms with van der Waals surface area (Å²) in [5.41, 5.74) is 1.48. The Morgan fingerprint density at radius 2 is 1.35 bits per heavy atom. The lowest BCUT2D eigenvalue weighted by Crippen LogP contribution is -1.84. The molecule has 0 unspecified atom stereocenters. The van der Waals surface area contributed by atoms with Crippen molar-refractivity contribution >= 4 is 6.29 Å². The zero-order chi connectivity index (χ0) is 12.4. The Morgan fingerprint density at radius 3 is 1.94 bits per heavy atom. The number of aldehydes is 1. The van der Waals surface area contributed by atoms with Gasteiger partial charge in [0.25, 0.3) is 0 Å². The number of benzene rings is 2. The van der Waals surface area contributed by atoms with Crippen molar-refractivity contribution in [2.45, 2.75) is 0 Å². The second kappa shape index (κ2) is 4.17. The maximum Gasteiger partial charge on any atom is 0.158 e. The third-order valence-electron chi connectivity index (χ3n) is 2.46. The molecule has 86 valence electrons. The molecule has 2 aromatic rings. The van der Waals surface area contributed by atoms with Crippen LogP contribution in [0.25, 0.3) is 11.1 Å². The van der Waals surface area contributed by atoms with Gasteiger partial charge in [-0.3, -0.25) is 4.79 Å². The zero-order valence-corrected chi connectivity index (χ0v) is 8.79. The van der Waals surface area contributed by atoms with Crippen molar-refractivity contribution < 1.29 is 20.1 Å². The first-order valence-electron chi connectivity index (χ1n) is 4.92. The fourth-order valence-electron chi connectivity index (χ4n) is 1.53. The van der Waals surface area contributed by atoms with Gasteiger partial charge in [0.05, 0.1) is 5.56 Å². The predicted octanol–water partition coefficient (Wildman–Crippen LogP) is 2.28. The van der Waals surface area contributed by atoms with E-state index < -0.39 is 0 Å². The normalized spacial score (nSPS) is 10.1. The van der Waals surface area contributed by atoms with Crippen LogP contribution >= 0.6 is 0 Å². The van der Waals surface area contributed by atoms with Crippen LogP contribution in [0, 0.1) is 0 Å². The number of carbonyl (C=O) groups is 1. The number of hydrogen-bond donors (Lipinski definition) is 3. The molecule has 4 nitrogen and oxygen atoms in total. The van der Waals surface area contributed by atoms with Crippen LogP contribution in [0.3, 0.4) is 0 Å². The first kappa shape index (κ1) is 11.0. The second-order valence-corrected chi connectivity index (χ2v) is 3.59. The van der Waals surface area contributed by atoms with Gasteiger partial charge in [0.1, 0.15) is 5.75 Å². The molecule has 2 rings (SSSR count). The molecule has 0 fully saturated rings. The average Bonchev–Trinajstić information content (AvgIpc) is 2.33. The minimum absolute atomic E-state index is 0.0910. The zero-order valence-electron chi connectivity index (χ0n) is 8.79. The molecule has 17 heavy (non-hydrogen) atoms. The topological polar surface area (TPSA) is 77.8 Å². The Bertz CT molecular complexity index is 576. The summed E-state index contributed by atoms with van der Waals surface area (Å²) in [6, 6.07) is 8.88. The number of carbonyl (C=O) groups excluding carboxylic acids is 1. The highest BCUT2D eigenvalue weighted by Crippen LogP contribution is 2.31. The summed E-state index contributed by atoms with van der Waals surface area (Å²) in [6.45, 7) is 0. The van der Waals surface area contributed by atoms with E-state index in [1.165, 1.54) is 24.3 Å². The average molecular weight is 230 g/mol. The molecule has 3 N–H and O–H groups in total. The summed E-state index contributed by atoms with van der Waals surface area (Å²) in [5.74, 6) is -0.530. The van der Waals surface area contributed by atoms with Gasteiger partial charge in [-0.1, -0.05) is 12.1 Å². The van der Waals surface area contributed by atoms with Crippen LogP contribution in [-0.2, 0) is 0 Å². The van der Waals surface area contributed by atoms with Gasteiger partial charge in [0.2, 0.25) is 0 Å². The van der Waals surface area contributed by atoms with Gasteiger partial charge in [0, 0.05) is 0 Å². The lowest BCUT2D eigenvalue weighted by Gasteiger charge is -2.05. The Hall–Kier alpha value is -2.49. The first-order valence-corrected chi connectivity index (χ1v) is 4.92. The molecule has 0 saturated carbocycles. The van der Waals surface area contributed by atoms with E-state index >= 15 is 0 Å². The van der Waals surface area contributed by atoms with Gasteiger partial charge in [-0.05, 0) is 35.4 Å². The second-order valence-electron chi connectivity index (χ2n) is 3.59. The van der Waals surface area contributed by atoms with Gasteiger partial charge < -0.3 is 15.3 Å². The molecule has 0 heterocycles. The minimum Gasteiger partial charge on any atom is -0.507 e. The molecule has 0 amide bonds. The Morgan fingerprint density at radius 1 is 0.765 bits per heavy atom. The van der Waals surface area contributed by atoms with Crippen LogP contribution in [0.15, 0.2) is 36.4 Å². The fraction of sp³-hybridized carbons (Fsp3) is 0. The number of hydrogen-bond acceptors (Lipinski definition) is 4. The van der Waals surface area contributed by atoms with Crippen LogP contribution in [0.1, 0.15) is 10.4 Å². The Balaban J connectivity index is 2.52. The van der Waals surface area contributed by atoms with Crippen LogP contribution in [-0.4, -0.2) is 21.6 Å². The van der Waals surface area contributed by atoms with Gasteiger partial charge in [-0.2, -0.15) is 0 Å². The quantitative estimate of drug-likeness (QED) is 0.546. The molecule has 4 heteroatoms. The van der Waals surface area contributed by atoms with Crippen molar-refractivity contribution in [2.75, 3.05) is 0 Å². The van der Waals surface area contributed by atoms with Crippen LogP contribution in [0.2, 0.25) is 0 Å². The minimum atomic E-state index is -0.233. The van der Waals surface area contributed by atoms with E-state index in [2.05, 4.69) is 0 Å². The molecule has 0 spiro atoms. The third kappa shape index (κ3) is 2.06. The van der Waals surface area contributed by atoms with E-state index in [0.717, 1.165) is 0 Å². The Kier molecular flexibility index (Phi) is 2.70. The lowest BCUT2D eigenvalue weighted by atomic mass is 10.0. The van der Waals surface area contributed by atoms with Crippen molar-refractivity contribution in [2.24, 2.45) is 0 Å². The van der Waals surface area contributed by atoms with E-state index in [4.69, 9.17) is 0 Å². The van der Waals surface area contributed by atoms with E-state index in [1.54, 1.807) is 12.1 Å². The molecule has 0 atom stereocenters. The number of rotatable bonds is 2. The highest BCUT2D eigenvalue weighted by atomic mass is 16.3. The van der Waals surface area contributed by atoms with E-state index in [-0.39, 0.29) is 22.8 Å². The molecule has 0 aliphatic heterocycles. The van der Waals surface area contributed by atoms with Gasteiger partial charge >= 0.3 is 0 Å². The molecule has 0 radical (unpaired) electrons. The van der Waals surface area contributed by atoms with Crippen molar-refractivity contribution in [3.05, 3.63) is 42.0 Å². The third-order valence-corrected chi connectivity index (χ3v) is 2.46. The lowest BCUT2D eigenvalue weighted by molar-refractivity contribution is 0.112. The summed E-state index contributed by atoms with van der Waals surface area (Å²) in [6.07, 6.45) is 0.555. The highest BCUT2D eigenvalue weighted by Gasteiger charge is 2.06. The SMILES string of the molecule is O=Cc1cc(-c2ccc(O)c(O)c2)ccc1O. The first-order chi connectivity index (χ1) is 8.11. The van der Waals surface area contributed by atoms with Crippen molar-refractivity contribution in [3.8, 4) is 28.4 Å². The number of aromatic hydroxyl groups is 3. The Labute approximate surface area is 97.4 Å². The van der Waals surface area contributed by atoms with Crippen LogP contribution in [0.5, 0.6) is 17.2 Å². The van der Waals surface area contributed by atoms with Crippen LogP contribution in [0.4, 0.5) is 0 Å². The summed E-state index contributed by atoms with van der Waals surface area (Å²) < 4.78 is 0. The van der Waals surface area contributed by atoms with Gasteiger partial charge in [-0.25, -0.2) is 0 Å². The molecule has 2 aromatic carbocycles. The van der Waals surface area contributed by atoms with Crippen LogP contribution < -0.4 is 0 Å².